The summed E-state index contributed by atoms with van der Waals surface area (Å²) in [6.45, 7) is 6.55. The molecule has 1 aromatic rings. The molecule has 0 fully saturated rings. The summed E-state index contributed by atoms with van der Waals surface area (Å²) in [6.07, 6.45) is 0.896. The van der Waals surface area contributed by atoms with E-state index in [1.807, 2.05) is 6.07 Å². The minimum atomic E-state index is -0.301. The van der Waals surface area contributed by atoms with E-state index in [0.29, 0.717) is 37.7 Å². The highest BCUT2D eigenvalue weighted by Gasteiger charge is 2.17. The van der Waals surface area contributed by atoms with Gasteiger partial charge in [-0.05, 0) is 36.1 Å². The molecule has 1 aromatic carbocycles. The Kier molecular flexibility index (Phi) is 5.70. The van der Waals surface area contributed by atoms with Crippen LogP contribution in [0.2, 0.25) is 0 Å². The molecule has 116 valence electrons. The van der Waals surface area contributed by atoms with E-state index in [0.717, 1.165) is 12.1 Å². The van der Waals surface area contributed by atoms with E-state index in [4.69, 9.17) is 4.74 Å². The van der Waals surface area contributed by atoms with E-state index in [1.54, 1.807) is 6.07 Å². The van der Waals surface area contributed by atoms with Crippen molar-refractivity contribution in [2.24, 2.45) is 5.92 Å². The molecule has 5 heteroatoms. The van der Waals surface area contributed by atoms with Gasteiger partial charge in [-0.1, -0.05) is 19.9 Å². The molecule has 1 aliphatic heterocycles. The molecule has 4 nitrogen and oxygen atoms in total. The van der Waals surface area contributed by atoms with Crippen LogP contribution in [0.5, 0.6) is 0 Å². The Hall–Kier alpha value is -1.46. The molecule has 0 unspecified atom stereocenters. The van der Waals surface area contributed by atoms with Crippen molar-refractivity contribution in [2.45, 2.75) is 33.2 Å². The van der Waals surface area contributed by atoms with Crippen molar-refractivity contribution in [3.05, 3.63) is 29.1 Å². The molecule has 21 heavy (non-hydrogen) atoms. The molecule has 0 aromatic heterocycles. The molecule has 0 radical (unpaired) electrons. The number of carbonyl (C=O) groups is 1. The zero-order chi connectivity index (χ0) is 15.2. The van der Waals surface area contributed by atoms with Crippen LogP contribution in [0.1, 0.15) is 31.4 Å². The molecule has 0 spiro atoms. The zero-order valence-corrected chi connectivity index (χ0v) is 12.7. The molecule has 2 rings (SSSR count). The average molecular weight is 294 g/mol. The lowest BCUT2D eigenvalue weighted by Gasteiger charge is -2.19. The topological polar surface area (TPSA) is 50.4 Å². The van der Waals surface area contributed by atoms with Gasteiger partial charge in [0.15, 0.2) is 0 Å². The van der Waals surface area contributed by atoms with E-state index in [9.17, 15) is 9.18 Å². The predicted octanol–water partition coefficient (Wildman–Crippen LogP) is 2.47. The van der Waals surface area contributed by atoms with E-state index in [2.05, 4.69) is 24.5 Å². The summed E-state index contributed by atoms with van der Waals surface area (Å²) in [5.74, 6) is -0.0725. The summed E-state index contributed by atoms with van der Waals surface area (Å²) in [5, 5.41) is 5.84. The first-order valence-electron chi connectivity index (χ1n) is 7.46. The standard InChI is InChI=1S/C16H23FN2O2/c1-11(2)10-21-8-6-15(20)19-14-4-3-12-9-18-7-5-13(12)16(14)17/h3-4,11,18H,5-10H2,1-2H3,(H,19,20). The summed E-state index contributed by atoms with van der Waals surface area (Å²) in [7, 11) is 0. The molecule has 1 amide bonds. The van der Waals surface area contributed by atoms with Gasteiger partial charge in [-0.15, -0.1) is 0 Å². The molecule has 0 saturated heterocycles. The van der Waals surface area contributed by atoms with Crippen molar-refractivity contribution in [3.63, 3.8) is 0 Å². The number of halogens is 1. The summed E-state index contributed by atoms with van der Waals surface area (Å²) < 4.78 is 19.7. The second-order valence-corrected chi connectivity index (χ2v) is 5.76. The molecule has 0 saturated carbocycles. The maximum atomic E-state index is 14.3. The lowest BCUT2D eigenvalue weighted by molar-refractivity contribution is -0.117. The Morgan fingerprint density at radius 3 is 3.05 bits per heavy atom. The minimum absolute atomic E-state index is 0.216. The fourth-order valence-corrected chi connectivity index (χ4v) is 2.33. The minimum Gasteiger partial charge on any atom is -0.381 e. The number of anilines is 1. The maximum Gasteiger partial charge on any atom is 0.226 e. The highest BCUT2D eigenvalue weighted by atomic mass is 19.1. The number of nitrogens with one attached hydrogen (secondary N) is 2. The summed E-state index contributed by atoms with van der Waals surface area (Å²) in [4.78, 5) is 11.8. The number of ether oxygens (including phenoxy) is 1. The Morgan fingerprint density at radius 1 is 1.48 bits per heavy atom. The number of hydrogen-bond donors (Lipinski definition) is 2. The Morgan fingerprint density at radius 2 is 2.29 bits per heavy atom. The quantitative estimate of drug-likeness (QED) is 0.793. The second kappa shape index (κ2) is 7.52. The monoisotopic (exact) mass is 294 g/mol. The summed E-state index contributed by atoms with van der Waals surface area (Å²) in [6, 6.07) is 3.50. The lowest BCUT2D eigenvalue weighted by Crippen LogP contribution is -2.25. The third-order valence-corrected chi connectivity index (χ3v) is 3.41. The Bertz CT molecular complexity index is 503. The third-order valence-electron chi connectivity index (χ3n) is 3.41. The van der Waals surface area contributed by atoms with Gasteiger partial charge in [-0.3, -0.25) is 4.79 Å². The van der Waals surface area contributed by atoms with Crippen LogP contribution in [0.3, 0.4) is 0 Å². The van der Waals surface area contributed by atoms with E-state index in [1.165, 1.54) is 0 Å². The van der Waals surface area contributed by atoms with E-state index < -0.39 is 0 Å². The highest BCUT2D eigenvalue weighted by molar-refractivity contribution is 5.91. The first-order chi connectivity index (χ1) is 10.1. The molecule has 0 bridgehead atoms. The van der Waals surface area contributed by atoms with Crippen LogP contribution < -0.4 is 10.6 Å². The molecular formula is C16H23FN2O2. The van der Waals surface area contributed by atoms with Gasteiger partial charge >= 0.3 is 0 Å². The van der Waals surface area contributed by atoms with Crippen molar-refractivity contribution in [1.82, 2.24) is 5.32 Å². The van der Waals surface area contributed by atoms with Crippen LogP contribution >= 0.6 is 0 Å². The first-order valence-corrected chi connectivity index (χ1v) is 7.46. The van der Waals surface area contributed by atoms with Crippen LogP contribution in [-0.4, -0.2) is 25.7 Å². The van der Waals surface area contributed by atoms with Gasteiger partial charge in [0.1, 0.15) is 5.82 Å². The summed E-state index contributed by atoms with van der Waals surface area (Å²) in [5.41, 5.74) is 1.95. The van der Waals surface area contributed by atoms with Gasteiger partial charge < -0.3 is 15.4 Å². The van der Waals surface area contributed by atoms with E-state index in [-0.39, 0.29) is 23.8 Å². The Balaban J connectivity index is 1.89. The lowest BCUT2D eigenvalue weighted by atomic mass is 9.99. The average Bonchev–Trinajstić information content (AvgIpc) is 2.47. The SMILES string of the molecule is CC(C)COCCC(=O)Nc1ccc2c(c1F)CCNC2. The number of rotatable bonds is 6. The van der Waals surface area contributed by atoms with Crippen LogP contribution in [0, 0.1) is 11.7 Å². The van der Waals surface area contributed by atoms with Gasteiger partial charge in [0.05, 0.1) is 18.7 Å². The van der Waals surface area contributed by atoms with Gasteiger partial charge in [-0.25, -0.2) is 4.39 Å². The molecule has 1 aliphatic rings. The number of carbonyl (C=O) groups excluding carboxylic acids is 1. The Labute approximate surface area is 125 Å². The van der Waals surface area contributed by atoms with Crippen molar-refractivity contribution >= 4 is 11.6 Å². The zero-order valence-electron chi connectivity index (χ0n) is 12.7. The molecule has 2 N–H and O–H groups in total. The normalized spacial score (nSPS) is 14.1. The van der Waals surface area contributed by atoms with Gasteiger partial charge in [-0.2, -0.15) is 0 Å². The number of benzene rings is 1. The van der Waals surface area contributed by atoms with Crippen LogP contribution in [-0.2, 0) is 22.5 Å². The fourth-order valence-electron chi connectivity index (χ4n) is 2.33. The number of fused-ring (bicyclic) bond motifs is 1. The first kappa shape index (κ1) is 15.9. The van der Waals surface area contributed by atoms with Crippen LogP contribution in [0.25, 0.3) is 0 Å². The third kappa shape index (κ3) is 4.51. The van der Waals surface area contributed by atoms with Crippen LogP contribution in [0.15, 0.2) is 12.1 Å². The van der Waals surface area contributed by atoms with Crippen molar-refractivity contribution in [1.29, 1.82) is 0 Å². The largest absolute Gasteiger partial charge is 0.381 e. The van der Waals surface area contributed by atoms with Crippen LogP contribution in [0.4, 0.5) is 10.1 Å². The van der Waals surface area contributed by atoms with E-state index >= 15 is 0 Å². The van der Waals surface area contributed by atoms with Crippen molar-refractivity contribution in [2.75, 3.05) is 25.1 Å². The second-order valence-electron chi connectivity index (χ2n) is 5.76. The van der Waals surface area contributed by atoms with Gasteiger partial charge in [0.2, 0.25) is 5.91 Å². The predicted molar refractivity (Wildman–Crippen MR) is 80.7 cm³/mol. The fraction of sp³-hybridized carbons (Fsp3) is 0.562. The molecule has 0 atom stereocenters. The number of amides is 1. The van der Waals surface area contributed by atoms with Crippen molar-refractivity contribution < 1.29 is 13.9 Å². The molecule has 1 heterocycles. The van der Waals surface area contributed by atoms with Crippen molar-refractivity contribution in [3.8, 4) is 0 Å². The molecule has 0 aliphatic carbocycles. The highest BCUT2D eigenvalue weighted by Crippen LogP contribution is 2.24. The molecular weight excluding hydrogens is 271 g/mol. The van der Waals surface area contributed by atoms with Gasteiger partial charge in [0.25, 0.3) is 0 Å². The summed E-state index contributed by atoms with van der Waals surface area (Å²) >= 11 is 0. The number of hydrogen-bond acceptors (Lipinski definition) is 3. The smallest absolute Gasteiger partial charge is 0.226 e. The maximum absolute atomic E-state index is 14.3. The van der Waals surface area contributed by atoms with Gasteiger partial charge in [0, 0.05) is 13.2 Å².